The van der Waals surface area contributed by atoms with Crippen molar-refractivity contribution in [3.63, 3.8) is 0 Å². The van der Waals surface area contributed by atoms with E-state index in [-0.39, 0.29) is 24.8 Å². The molecule has 4 rings (SSSR count). The fourth-order valence-corrected chi connectivity index (χ4v) is 3.78. The van der Waals surface area contributed by atoms with Crippen LogP contribution >= 0.6 is 11.3 Å². The maximum absolute atomic E-state index is 12.6. The van der Waals surface area contributed by atoms with Crippen molar-refractivity contribution in [2.75, 3.05) is 5.32 Å². The summed E-state index contributed by atoms with van der Waals surface area (Å²) in [7, 11) is 0. The van der Waals surface area contributed by atoms with Crippen molar-refractivity contribution in [1.82, 2.24) is 15.3 Å². The zero-order valence-electron chi connectivity index (χ0n) is 17.7. The lowest BCUT2D eigenvalue weighted by Crippen LogP contribution is -2.25. The molecule has 162 valence electrons. The van der Waals surface area contributed by atoms with Gasteiger partial charge in [0.05, 0.1) is 34.9 Å². The summed E-state index contributed by atoms with van der Waals surface area (Å²) in [5.74, 6) is 0.640. The van der Waals surface area contributed by atoms with Crippen LogP contribution in [-0.2, 0) is 17.8 Å². The maximum Gasteiger partial charge on any atom is 0.255 e. The fraction of sp³-hybridized carbons (Fsp3) is 0.167. The molecule has 0 fully saturated rings. The van der Waals surface area contributed by atoms with Crippen LogP contribution in [0.2, 0.25) is 0 Å². The molecular weight excluding hydrogens is 424 g/mol. The standard InChI is InChI=1S/C24H22N4O3S/c1-15-21(13-25-22(29)12-18-14-32-16(2)26-18)28-24(31-15)19-10-6-7-11-20(19)27-23(30)17-8-4-3-5-9-17/h3-11,14H,12-13H2,1-2H3,(H,25,29)(H,27,30). The summed E-state index contributed by atoms with van der Waals surface area (Å²) in [5.41, 5.74) is 3.20. The van der Waals surface area contributed by atoms with E-state index >= 15 is 0 Å². The SMILES string of the molecule is Cc1nc(CC(=O)NCc2nc(-c3ccccc3NC(=O)c3ccccc3)oc2C)cs1. The second kappa shape index (κ2) is 9.57. The number of amides is 2. The number of aromatic nitrogens is 2. The van der Waals surface area contributed by atoms with Crippen LogP contribution in [-0.4, -0.2) is 21.8 Å². The van der Waals surface area contributed by atoms with Crippen LogP contribution in [0.25, 0.3) is 11.5 Å². The number of aryl methyl sites for hydroxylation is 2. The molecule has 0 unspecified atom stereocenters. The first-order chi connectivity index (χ1) is 15.5. The first-order valence-corrected chi connectivity index (χ1v) is 11.0. The Kier molecular flexibility index (Phi) is 6.42. The molecule has 0 aliphatic heterocycles. The number of rotatable bonds is 7. The highest BCUT2D eigenvalue weighted by Gasteiger charge is 2.17. The van der Waals surface area contributed by atoms with E-state index in [1.165, 1.54) is 11.3 Å². The van der Waals surface area contributed by atoms with Crippen molar-refractivity contribution in [1.29, 1.82) is 0 Å². The predicted molar refractivity (Wildman–Crippen MR) is 123 cm³/mol. The maximum atomic E-state index is 12.6. The molecule has 2 heterocycles. The largest absolute Gasteiger partial charge is 0.441 e. The van der Waals surface area contributed by atoms with E-state index in [0.717, 1.165) is 10.7 Å². The van der Waals surface area contributed by atoms with Crippen molar-refractivity contribution >= 4 is 28.8 Å². The van der Waals surface area contributed by atoms with Gasteiger partial charge in [0, 0.05) is 10.9 Å². The molecule has 8 heteroatoms. The molecule has 2 N–H and O–H groups in total. The molecular formula is C24H22N4O3S. The van der Waals surface area contributed by atoms with Gasteiger partial charge in [-0.05, 0) is 38.1 Å². The molecule has 0 spiro atoms. The Morgan fingerprint density at radius 2 is 1.75 bits per heavy atom. The molecule has 7 nitrogen and oxygen atoms in total. The van der Waals surface area contributed by atoms with E-state index in [2.05, 4.69) is 20.6 Å². The lowest BCUT2D eigenvalue weighted by atomic mass is 10.1. The van der Waals surface area contributed by atoms with Gasteiger partial charge in [-0.25, -0.2) is 9.97 Å². The minimum absolute atomic E-state index is 0.130. The van der Waals surface area contributed by atoms with Gasteiger partial charge >= 0.3 is 0 Å². The number of benzene rings is 2. The smallest absolute Gasteiger partial charge is 0.255 e. The van der Waals surface area contributed by atoms with Crippen LogP contribution in [0.15, 0.2) is 64.4 Å². The molecule has 4 aromatic rings. The van der Waals surface area contributed by atoms with E-state index in [4.69, 9.17) is 4.42 Å². The Morgan fingerprint density at radius 1 is 1.00 bits per heavy atom. The van der Waals surface area contributed by atoms with Crippen LogP contribution < -0.4 is 10.6 Å². The van der Waals surface area contributed by atoms with Crippen LogP contribution in [0.3, 0.4) is 0 Å². The Hall–Kier alpha value is -3.78. The van der Waals surface area contributed by atoms with Crippen LogP contribution in [0.4, 0.5) is 5.69 Å². The van der Waals surface area contributed by atoms with Gasteiger partial charge in [0.1, 0.15) is 11.5 Å². The number of hydrogen-bond acceptors (Lipinski definition) is 6. The fourth-order valence-electron chi connectivity index (χ4n) is 3.17. The number of para-hydroxylation sites is 1. The predicted octanol–water partition coefficient (Wildman–Crippen LogP) is 4.53. The third kappa shape index (κ3) is 5.09. The van der Waals surface area contributed by atoms with E-state index in [1.807, 2.05) is 48.7 Å². The first kappa shape index (κ1) is 21.5. The van der Waals surface area contributed by atoms with Crippen molar-refractivity contribution < 1.29 is 14.0 Å². The third-order valence-electron chi connectivity index (χ3n) is 4.80. The second-order valence-corrected chi connectivity index (χ2v) is 8.26. The zero-order chi connectivity index (χ0) is 22.5. The molecule has 0 aliphatic rings. The summed E-state index contributed by atoms with van der Waals surface area (Å²) < 4.78 is 5.86. The molecule has 0 aliphatic carbocycles. The summed E-state index contributed by atoms with van der Waals surface area (Å²) in [4.78, 5) is 33.7. The lowest BCUT2D eigenvalue weighted by molar-refractivity contribution is -0.120. The van der Waals surface area contributed by atoms with Gasteiger partial charge < -0.3 is 15.1 Å². The Morgan fingerprint density at radius 3 is 2.50 bits per heavy atom. The van der Waals surface area contributed by atoms with Crippen molar-refractivity contribution in [2.45, 2.75) is 26.8 Å². The van der Waals surface area contributed by atoms with Gasteiger partial charge in [-0.2, -0.15) is 0 Å². The second-order valence-electron chi connectivity index (χ2n) is 7.20. The Balaban J connectivity index is 1.46. The quantitative estimate of drug-likeness (QED) is 0.435. The van der Waals surface area contributed by atoms with Gasteiger partial charge in [-0.15, -0.1) is 11.3 Å². The number of hydrogen-bond donors (Lipinski definition) is 2. The first-order valence-electron chi connectivity index (χ1n) is 10.1. The third-order valence-corrected chi connectivity index (χ3v) is 5.62. The van der Waals surface area contributed by atoms with Gasteiger partial charge in [-0.1, -0.05) is 30.3 Å². The molecule has 0 saturated heterocycles. The average molecular weight is 447 g/mol. The summed E-state index contributed by atoms with van der Waals surface area (Å²) in [6.07, 6.45) is 0.225. The number of carbonyl (C=O) groups is 2. The number of nitrogens with zero attached hydrogens (tertiary/aromatic N) is 2. The van der Waals surface area contributed by atoms with Crippen molar-refractivity contribution in [3.8, 4) is 11.5 Å². The molecule has 0 bridgehead atoms. The highest BCUT2D eigenvalue weighted by Crippen LogP contribution is 2.29. The normalized spacial score (nSPS) is 10.7. The lowest BCUT2D eigenvalue weighted by Gasteiger charge is -2.08. The van der Waals surface area contributed by atoms with Gasteiger partial charge in [0.25, 0.3) is 5.91 Å². The molecule has 2 amide bonds. The highest BCUT2D eigenvalue weighted by molar-refractivity contribution is 7.09. The zero-order valence-corrected chi connectivity index (χ0v) is 18.5. The topological polar surface area (TPSA) is 97.1 Å². The van der Waals surface area contributed by atoms with Gasteiger partial charge in [0.2, 0.25) is 11.8 Å². The van der Waals surface area contributed by atoms with E-state index in [9.17, 15) is 9.59 Å². The van der Waals surface area contributed by atoms with Crippen molar-refractivity contribution in [3.05, 3.63) is 87.7 Å². The minimum Gasteiger partial charge on any atom is -0.441 e. The Bertz CT molecular complexity index is 1250. The number of thiazole rings is 1. The van der Waals surface area contributed by atoms with Gasteiger partial charge in [0.15, 0.2) is 0 Å². The molecule has 2 aromatic heterocycles. The minimum atomic E-state index is -0.217. The van der Waals surface area contributed by atoms with E-state index < -0.39 is 0 Å². The van der Waals surface area contributed by atoms with Gasteiger partial charge in [-0.3, -0.25) is 9.59 Å². The molecule has 0 saturated carbocycles. The summed E-state index contributed by atoms with van der Waals surface area (Å²) in [6, 6.07) is 16.3. The number of oxazole rings is 1. The van der Waals surface area contributed by atoms with Crippen LogP contribution in [0.5, 0.6) is 0 Å². The Labute approximate surface area is 189 Å². The summed E-state index contributed by atoms with van der Waals surface area (Å²) >= 11 is 1.52. The summed E-state index contributed by atoms with van der Waals surface area (Å²) in [6.45, 7) is 3.95. The monoisotopic (exact) mass is 446 g/mol. The van der Waals surface area contributed by atoms with Crippen molar-refractivity contribution in [2.24, 2.45) is 0 Å². The molecule has 32 heavy (non-hydrogen) atoms. The molecule has 2 aromatic carbocycles. The number of nitrogens with one attached hydrogen (secondary N) is 2. The average Bonchev–Trinajstić information content (AvgIpc) is 3.38. The summed E-state index contributed by atoms with van der Waals surface area (Å²) in [5, 5.41) is 8.60. The van der Waals surface area contributed by atoms with Crippen LogP contribution in [0.1, 0.15) is 32.5 Å². The molecule has 0 radical (unpaired) electrons. The highest BCUT2D eigenvalue weighted by atomic mass is 32.1. The van der Waals surface area contributed by atoms with E-state index in [0.29, 0.717) is 34.2 Å². The number of carbonyl (C=O) groups excluding carboxylic acids is 2. The number of anilines is 1. The molecule has 0 atom stereocenters. The van der Waals surface area contributed by atoms with Crippen LogP contribution in [0, 0.1) is 13.8 Å². The van der Waals surface area contributed by atoms with E-state index in [1.54, 1.807) is 25.1 Å².